The van der Waals surface area contributed by atoms with Gasteiger partial charge in [0.1, 0.15) is 0 Å². The topological polar surface area (TPSA) is 0 Å². The number of thioether (sulfide) groups is 1. The largest absolute Gasteiger partial charge is 0.126 e. The molecule has 0 bridgehead atoms. The van der Waals surface area contributed by atoms with E-state index in [1.165, 1.54) is 10.5 Å². The molecule has 0 aromatic heterocycles. The van der Waals surface area contributed by atoms with Crippen molar-refractivity contribution < 1.29 is 0 Å². The molecule has 1 aromatic rings. The Labute approximate surface area is 73.0 Å². The Morgan fingerprint density at radius 1 is 1.45 bits per heavy atom. The molecule has 1 rings (SSSR count). The first-order valence-corrected chi connectivity index (χ1v) is 4.98. The lowest BCUT2D eigenvalue weighted by atomic mass is 10.2. The van der Waals surface area contributed by atoms with E-state index in [1.54, 1.807) is 0 Å². The van der Waals surface area contributed by atoms with Crippen LogP contribution in [0.4, 0.5) is 0 Å². The SMILES string of the molecule is CCSc1c[c]ccc1CC. The average molecular weight is 165 g/mol. The minimum Gasteiger partial charge on any atom is -0.126 e. The lowest BCUT2D eigenvalue weighted by Gasteiger charge is -2.03. The van der Waals surface area contributed by atoms with Gasteiger partial charge in [-0.05, 0) is 29.9 Å². The summed E-state index contributed by atoms with van der Waals surface area (Å²) in [6.07, 6.45) is 1.12. The number of hydrogen-bond acceptors (Lipinski definition) is 1. The van der Waals surface area contributed by atoms with E-state index in [0.29, 0.717) is 0 Å². The summed E-state index contributed by atoms with van der Waals surface area (Å²) in [6.45, 7) is 4.37. The molecule has 0 saturated heterocycles. The maximum absolute atomic E-state index is 3.10. The highest BCUT2D eigenvalue weighted by Crippen LogP contribution is 2.21. The van der Waals surface area contributed by atoms with Crippen molar-refractivity contribution in [3.8, 4) is 0 Å². The van der Waals surface area contributed by atoms with Crippen molar-refractivity contribution in [2.24, 2.45) is 0 Å². The molecule has 59 valence electrons. The summed E-state index contributed by atoms with van der Waals surface area (Å²) in [5, 5.41) is 0. The fourth-order valence-corrected chi connectivity index (χ4v) is 1.89. The van der Waals surface area contributed by atoms with Crippen LogP contribution in [0.1, 0.15) is 19.4 Å². The van der Waals surface area contributed by atoms with E-state index in [1.807, 2.05) is 17.8 Å². The Morgan fingerprint density at radius 3 is 2.91 bits per heavy atom. The summed E-state index contributed by atoms with van der Waals surface area (Å²) >= 11 is 1.90. The Balaban J connectivity index is 2.83. The van der Waals surface area contributed by atoms with Gasteiger partial charge in [-0.2, -0.15) is 0 Å². The van der Waals surface area contributed by atoms with Gasteiger partial charge in [-0.1, -0.05) is 26.0 Å². The second-order valence-electron chi connectivity index (χ2n) is 2.32. The van der Waals surface area contributed by atoms with E-state index in [2.05, 4.69) is 32.0 Å². The smallest absolute Gasteiger partial charge is 0.0110 e. The number of hydrogen-bond donors (Lipinski definition) is 0. The zero-order valence-electron chi connectivity index (χ0n) is 7.05. The summed E-state index contributed by atoms with van der Waals surface area (Å²) in [5.74, 6) is 1.14. The second kappa shape index (κ2) is 4.45. The van der Waals surface area contributed by atoms with E-state index in [-0.39, 0.29) is 0 Å². The Kier molecular flexibility index (Phi) is 3.50. The lowest BCUT2D eigenvalue weighted by Crippen LogP contribution is -1.84. The predicted molar refractivity (Wildman–Crippen MR) is 51.1 cm³/mol. The maximum atomic E-state index is 3.10. The van der Waals surface area contributed by atoms with Gasteiger partial charge in [-0.15, -0.1) is 11.8 Å². The van der Waals surface area contributed by atoms with Crippen molar-refractivity contribution in [1.82, 2.24) is 0 Å². The maximum Gasteiger partial charge on any atom is 0.0110 e. The first-order valence-electron chi connectivity index (χ1n) is 4.00. The van der Waals surface area contributed by atoms with Crippen molar-refractivity contribution in [2.75, 3.05) is 5.75 Å². The Hall–Kier alpha value is -0.430. The Bertz CT molecular complexity index is 218. The molecule has 1 aromatic carbocycles. The highest BCUT2D eigenvalue weighted by Gasteiger charge is 1.97. The third kappa shape index (κ3) is 2.26. The molecule has 0 aliphatic heterocycles. The van der Waals surface area contributed by atoms with Gasteiger partial charge in [0.05, 0.1) is 0 Å². The standard InChI is InChI=1S/C10H13S/c1-3-9-7-5-6-8-10(9)11-4-2/h5,7-8H,3-4H2,1-2H3. The van der Waals surface area contributed by atoms with Crippen LogP contribution in [0.2, 0.25) is 0 Å². The minimum absolute atomic E-state index is 1.12. The molecule has 0 aliphatic rings. The molecule has 0 atom stereocenters. The number of aryl methyl sites for hydroxylation is 1. The summed E-state index contributed by atoms with van der Waals surface area (Å²) in [7, 11) is 0. The first kappa shape index (κ1) is 8.66. The third-order valence-electron chi connectivity index (χ3n) is 1.59. The van der Waals surface area contributed by atoms with Crippen molar-refractivity contribution in [1.29, 1.82) is 0 Å². The summed E-state index contributed by atoms with van der Waals surface area (Å²) in [5.41, 5.74) is 1.44. The van der Waals surface area contributed by atoms with Crippen LogP contribution in [0.25, 0.3) is 0 Å². The summed E-state index contributed by atoms with van der Waals surface area (Å²) < 4.78 is 0. The fourth-order valence-electron chi connectivity index (χ4n) is 1.03. The molecule has 0 spiro atoms. The zero-order chi connectivity index (χ0) is 8.10. The van der Waals surface area contributed by atoms with Crippen molar-refractivity contribution in [3.63, 3.8) is 0 Å². The molecule has 0 nitrogen and oxygen atoms in total. The minimum atomic E-state index is 1.12. The van der Waals surface area contributed by atoms with Crippen molar-refractivity contribution in [2.45, 2.75) is 25.2 Å². The average Bonchev–Trinajstić information content (AvgIpc) is 2.06. The van der Waals surface area contributed by atoms with Crippen molar-refractivity contribution >= 4 is 11.8 Å². The van der Waals surface area contributed by atoms with Crippen LogP contribution < -0.4 is 0 Å². The van der Waals surface area contributed by atoms with Gasteiger partial charge < -0.3 is 0 Å². The highest BCUT2D eigenvalue weighted by molar-refractivity contribution is 7.99. The van der Waals surface area contributed by atoms with Gasteiger partial charge >= 0.3 is 0 Å². The molecule has 0 unspecified atom stereocenters. The van der Waals surface area contributed by atoms with E-state index < -0.39 is 0 Å². The zero-order valence-corrected chi connectivity index (χ0v) is 7.87. The van der Waals surface area contributed by atoms with Crippen LogP contribution in [-0.2, 0) is 6.42 Å². The molecule has 1 radical (unpaired) electrons. The van der Waals surface area contributed by atoms with E-state index >= 15 is 0 Å². The highest BCUT2D eigenvalue weighted by atomic mass is 32.2. The third-order valence-corrected chi connectivity index (χ3v) is 2.57. The monoisotopic (exact) mass is 165 g/mol. The van der Waals surface area contributed by atoms with E-state index in [0.717, 1.165) is 12.2 Å². The molecular formula is C10H13S. The molecule has 11 heavy (non-hydrogen) atoms. The molecule has 0 fully saturated rings. The van der Waals surface area contributed by atoms with Gasteiger partial charge in [0, 0.05) is 4.90 Å². The summed E-state index contributed by atoms with van der Waals surface area (Å²) in [4.78, 5) is 1.39. The van der Waals surface area contributed by atoms with Gasteiger partial charge in [-0.25, -0.2) is 0 Å². The van der Waals surface area contributed by atoms with E-state index in [4.69, 9.17) is 0 Å². The van der Waals surface area contributed by atoms with Crippen LogP contribution >= 0.6 is 11.8 Å². The number of benzene rings is 1. The molecule has 0 aliphatic carbocycles. The van der Waals surface area contributed by atoms with Gasteiger partial charge in [0.15, 0.2) is 0 Å². The van der Waals surface area contributed by atoms with Gasteiger partial charge in [0.2, 0.25) is 0 Å². The van der Waals surface area contributed by atoms with Crippen LogP contribution in [0.5, 0.6) is 0 Å². The van der Waals surface area contributed by atoms with E-state index in [9.17, 15) is 0 Å². The van der Waals surface area contributed by atoms with Crippen LogP contribution in [0, 0.1) is 6.07 Å². The quantitative estimate of drug-likeness (QED) is 0.620. The number of rotatable bonds is 3. The van der Waals surface area contributed by atoms with Crippen LogP contribution in [-0.4, -0.2) is 5.75 Å². The second-order valence-corrected chi connectivity index (χ2v) is 3.63. The Morgan fingerprint density at radius 2 is 2.27 bits per heavy atom. The molecule has 0 heterocycles. The molecule has 0 N–H and O–H groups in total. The van der Waals surface area contributed by atoms with Crippen molar-refractivity contribution in [3.05, 3.63) is 29.8 Å². The molecular weight excluding hydrogens is 152 g/mol. The summed E-state index contributed by atoms with van der Waals surface area (Å²) in [6, 6.07) is 9.31. The lowest BCUT2D eigenvalue weighted by molar-refractivity contribution is 1.08. The fraction of sp³-hybridized carbons (Fsp3) is 0.400. The molecule has 0 saturated carbocycles. The van der Waals surface area contributed by atoms with Crippen LogP contribution in [0.15, 0.2) is 23.1 Å². The van der Waals surface area contributed by atoms with Gasteiger partial charge in [0.25, 0.3) is 0 Å². The van der Waals surface area contributed by atoms with Crippen LogP contribution in [0.3, 0.4) is 0 Å². The normalized spacial score (nSPS) is 10.0. The molecule has 0 amide bonds. The molecule has 1 heteroatoms. The first-order chi connectivity index (χ1) is 5.38. The van der Waals surface area contributed by atoms with Gasteiger partial charge in [-0.3, -0.25) is 0 Å². The predicted octanol–water partition coefficient (Wildman–Crippen LogP) is 3.16.